The van der Waals surface area contributed by atoms with E-state index in [-0.39, 0.29) is 5.91 Å². The van der Waals surface area contributed by atoms with Crippen molar-refractivity contribution in [2.45, 2.75) is 18.4 Å². The number of aromatic nitrogens is 2. The smallest absolute Gasteiger partial charge is 0.283 e. The van der Waals surface area contributed by atoms with E-state index in [0.29, 0.717) is 29.6 Å². The second-order valence-corrected chi connectivity index (χ2v) is 5.43. The van der Waals surface area contributed by atoms with Gasteiger partial charge in [0, 0.05) is 19.5 Å². The third-order valence-corrected chi connectivity index (χ3v) is 4.25. The topological polar surface area (TPSA) is 76.6 Å². The SMILES string of the molecule is CON(C(=O)C1(OC)CCNCC1)c1ccnc2cccnc12. The number of ether oxygens (including phenoxy) is 1. The van der Waals surface area contributed by atoms with Gasteiger partial charge in [0.1, 0.15) is 11.2 Å². The molecule has 7 heteroatoms. The van der Waals surface area contributed by atoms with Crippen molar-refractivity contribution in [1.82, 2.24) is 15.3 Å². The van der Waals surface area contributed by atoms with Crippen LogP contribution < -0.4 is 10.4 Å². The summed E-state index contributed by atoms with van der Waals surface area (Å²) in [6, 6.07) is 5.38. The summed E-state index contributed by atoms with van der Waals surface area (Å²) in [5.74, 6) is -0.220. The van der Waals surface area contributed by atoms with Crippen LogP contribution in [0, 0.1) is 0 Å². The van der Waals surface area contributed by atoms with Crippen molar-refractivity contribution in [1.29, 1.82) is 0 Å². The van der Waals surface area contributed by atoms with Gasteiger partial charge in [0.2, 0.25) is 0 Å². The number of fused-ring (bicyclic) bond motifs is 1. The van der Waals surface area contributed by atoms with Gasteiger partial charge in [0.25, 0.3) is 5.91 Å². The Hall–Kier alpha value is -2.09. The Morgan fingerprint density at radius 1 is 1.22 bits per heavy atom. The van der Waals surface area contributed by atoms with Crippen molar-refractivity contribution in [3.8, 4) is 0 Å². The van der Waals surface area contributed by atoms with Crippen molar-refractivity contribution in [3.05, 3.63) is 30.6 Å². The molecule has 1 N–H and O–H groups in total. The molecule has 1 amide bonds. The maximum absolute atomic E-state index is 13.1. The van der Waals surface area contributed by atoms with E-state index in [9.17, 15) is 4.79 Å². The molecule has 2 aromatic heterocycles. The standard InChI is InChI=1S/C16H20N4O3/c1-22-16(6-10-17-11-7-16)15(21)20(23-2)13-5-9-18-12-4-3-8-19-14(12)13/h3-5,8-9,17H,6-7,10-11H2,1-2H3. The number of piperidine rings is 1. The lowest BCUT2D eigenvalue weighted by atomic mass is 9.91. The number of hydrogen-bond donors (Lipinski definition) is 1. The first-order valence-electron chi connectivity index (χ1n) is 7.56. The first-order valence-corrected chi connectivity index (χ1v) is 7.56. The minimum absolute atomic E-state index is 0.220. The van der Waals surface area contributed by atoms with Gasteiger partial charge < -0.3 is 10.1 Å². The van der Waals surface area contributed by atoms with E-state index in [1.165, 1.54) is 12.2 Å². The molecule has 0 aliphatic carbocycles. The van der Waals surface area contributed by atoms with Crippen LogP contribution in [0.25, 0.3) is 11.0 Å². The van der Waals surface area contributed by atoms with Crippen molar-refractivity contribution >= 4 is 22.6 Å². The predicted octanol–water partition coefficient (Wildman–Crippen LogP) is 1.29. The zero-order valence-electron chi connectivity index (χ0n) is 13.3. The number of pyridine rings is 2. The summed E-state index contributed by atoms with van der Waals surface area (Å²) in [4.78, 5) is 27.1. The van der Waals surface area contributed by atoms with E-state index in [0.717, 1.165) is 13.1 Å². The molecule has 0 bridgehead atoms. The monoisotopic (exact) mass is 316 g/mol. The average molecular weight is 316 g/mol. The third kappa shape index (κ3) is 2.78. The summed E-state index contributed by atoms with van der Waals surface area (Å²) >= 11 is 0. The van der Waals surface area contributed by atoms with Crippen molar-refractivity contribution in [2.75, 3.05) is 32.4 Å². The van der Waals surface area contributed by atoms with Gasteiger partial charge in [0.05, 0.1) is 12.6 Å². The van der Waals surface area contributed by atoms with Crippen LogP contribution in [0.15, 0.2) is 30.6 Å². The van der Waals surface area contributed by atoms with Crippen LogP contribution in [0.4, 0.5) is 5.69 Å². The molecule has 3 rings (SSSR count). The number of rotatable bonds is 4. The molecule has 1 saturated heterocycles. The molecule has 0 unspecified atom stereocenters. The molecule has 1 fully saturated rings. The number of carbonyl (C=O) groups is 1. The van der Waals surface area contributed by atoms with Gasteiger partial charge in [-0.25, -0.2) is 0 Å². The van der Waals surface area contributed by atoms with Crippen LogP contribution in [0.1, 0.15) is 12.8 Å². The predicted molar refractivity (Wildman–Crippen MR) is 85.9 cm³/mol. The molecule has 0 spiro atoms. The summed E-state index contributed by atoms with van der Waals surface area (Å²) in [7, 11) is 3.04. The summed E-state index contributed by atoms with van der Waals surface area (Å²) < 4.78 is 5.61. The Balaban J connectivity index is 2.02. The molecule has 3 heterocycles. The van der Waals surface area contributed by atoms with Gasteiger partial charge in [-0.15, -0.1) is 0 Å². The highest BCUT2D eigenvalue weighted by Gasteiger charge is 2.43. The first kappa shape index (κ1) is 15.8. The Morgan fingerprint density at radius 3 is 2.70 bits per heavy atom. The molecule has 0 aromatic carbocycles. The number of hydroxylamine groups is 1. The lowest BCUT2D eigenvalue weighted by Crippen LogP contribution is -2.55. The molecule has 1 aliphatic rings. The van der Waals surface area contributed by atoms with E-state index in [1.807, 2.05) is 12.1 Å². The summed E-state index contributed by atoms with van der Waals surface area (Å²) in [6.07, 6.45) is 4.50. The molecule has 2 aromatic rings. The molecular weight excluding hydrogens is 296 g/mol. The van der Waals surface area contributed by atoms with Crippen molar-refractivity contribution in [2.24, 2.45) is 0 Å². The normalized spacial score (nSPS) is 17.1. The van der Waals surface area contributed by atoms with Gasteiger partial charge in [-0.2, -0.15) is 5.06 Å². The second-order valence-electron chi connectivity index (χ2n) is 5.43. The number of nitrogens with zero attached hydrogens (tertiary/aromatic N) is 3. The van der Waals surface area contributed by atoms with Crippen molar-refractivity contribution < 1.29 is 14.4 Å². The molecule has 23 heavy (non-hydrogen) atoms. The Kier molecular flexibility index (Phi) is 4.51. The molecule has 7 nitrogen and oxygen atoms in total. The Labute approximate surface area is 134 Å². The number of nitrogens with one attached hydrogen (secondary N) is 1. The Morgan fingerprint density at radius 2 is 2.00 bits per heavy atom. The number of anilines is 1. The molecule has 1 aliphatic heterocycles. The molecular formula is C16H20N4O3. The number of carbonyl (C=O) groups excluding carboxylic acids is 1. The molecule has 0 saturated carbocycles. The van der Waals surface area contributed by atoms with E-state index >= 15 is 0 Å². The first-order chi connectivity index (χ1) is 11.2. The fourth-order valence-electron chi connectivity index (χ4n) is 2.94. The maximum atomic E-state index is 13.1. The number of hydrogen-bond acceptors (Lipinski definition) is 6. The van der Waals surface area contributed by atoms with Crippen LogP contribution in [0.3, 0.4) is 0 Å². The lowest BCUT2D eigenvalue weighted by Gasteiger charge is -2.37. The van der Waals surface area contributed by atoms with E-state index in [1.54, 1.807) is 25.6 Å². The average Bonchev–Trinajstić information content (AvgIpc) is 2.63. The lowest BCUT2D eigenvalue weighted by molar-refractivity contribution is -0.150. The zero-order chi connectivity index (χ0) is 16.3. The third-order valence-electron chi connectivity index (χ3n) is 4.25. The fourth-order valence-corrected chi connectivity index (χ4v) is 2.94. The van der Waals surface area contributed by atoms with Gasteiger partial charge in [-0.1, -0.05) is 0 Å². The second kappa shape index (κ2) is 6.57. The largest absolute Gasteiger partial charge is 0.368 e. The maximum Gasteiger partial charge on any atom is 0.283 e. The Bertz CT molecular complexity index is 695. The van der Waals surface area contributed by atoms with E-state index < -0.39 is 5.60 Å². The van der Waals surface area contributed by atoms with Gasteiger partial charge in [0.15, 0.2) is 5.60 Å². The van der Waals surface area contributed by atoms with E-state index in [2.05, 4.69) is 15.3 Å². The van der Waals surface area contributed by atoms with Crippen LogP contribution in [-0.4, -0.2) is 48.8 Å². The van der Waals surface area contributed by atoms with Crippen LogP contribution in [-0.2, 0) is 14.4 Å². The summed E-state index contributed by atoms with van der Waals surface area (Å²) in [5.41, 5.74) is 1.01. The van der Waals surface area contributed by atoms with E-state index in [4.69, 9.17) is 9.57 Å². The van der Waals surface area contributed by atoms with Gasteiger partial charge in [-0.3, -0.25) is 19.6 Å². The highest BCUT2D eigenvalue weighted by atomic mass is 16.7. The van der Waals surface area contributed by atoms with Crippen LogP contribution in [0.5, 0.6) is 0 Å². The fraction of sp³-hybridized carbons (Fsp3) is 0.438. The quantitative estimate of drug-likeness (QED) is 0.857. The van der Waals surface area contributed by atoms with Gasteiger partial charge in [-0.05, 0) is 44.1 Å². The van der Waals surface area contributed by atoms with Crippen LogP contribution >= 0.6 is 0 Å². The zero-order valence-corrected chi connectivity index (χ0v) is 13.3. The minimum Gasteiger partial charge on any atom is -0.368 e. The van der Waals surface area contributed by atoms with Crippen molar-refractivity contribution in [3.63, 3.8) is 0 Å². The molecule has 122 valence electrons. The summed E-state index contributed by atoms with van der Waals surface area (Å²) in [6.45, 7) is 1.46. The number of amides is 1. The highest BCUT2D eigenvalue weighted by Crippen LogP contribution is 2.30. The van der Waals surface area contributed by atoms with Gasteiger partial charge >= 0.3 is 0 Å². The number of methoxy groups -OCH3 is 1. The highest BCUT2D eigenvalue weighted by molar-refractivity contribution is 6.03. The summed E-state index contributed by atoms with van der Waals surface area (Å²) in [5, 5.41) is 4.51. The molecule has 0 atom stereocenters. The molecule has 0 radical (unpaired) electrons. The van der Waals surface area contributed by atoms with Crippen LogP contribution in [0.2, 0.25) is 0 Å². The minimum atomic E-state index is -0.883.